The summed E-state index contributed by atoms with van der Waals surface area (Å²) in [7, 11) is 1.72. The van der Waals surface area contributed by atoms with Crippen LogP contribution in [0.1, 0.15) is 55.5 Å². The van der Waals surface area contributed by atoms with E-state index in [1.807, 2.05) is 30.3 Å². The van der Waals surface area contributed by atoms with E-state index in [9.17, 15) is 10.1 Å². The number of aromatic nitrogens is 2. The van der Waals surface area contributed by atoms with Crippen molar-refractivity contribution in [3.63, 3.8) is 0 Å². The molecule has 0 amide bonds. The summed E-state index contributed by atoms with van der Waals surface area (Å²) < 4.78 is 7.66. The molecule has 6 nitrogen and oxygen atoms in total. The smallest absolute Gasteiger partial charge is 0.270 e. The number of nitriles is 1. The second-order valence-electron chi connectivity index (χ2n) is 8.91. The van der Waals surface area contributed by atoms with Crippen LogP contribution in [0.2, 0.25) is 0 Å². The summed E-state index contributed by atoms with van der Waals surface area (Å²) in [6.45, 7) is 5.83. The molecule has 0 bridgehead atoms. The van der Waals surface area contributed by atoms with Crippen molar-refractivity contribution in [3.05, 3.63) is 69.8 Å². The molecule has 162 valence electrons. The van der Waals surface area contributed by atoms with E-state index in [0.717, 1.165) is 59.5 Å². The number of hydrogen-bond acceptors (Lipinski definition) is 5. The minimum absolute atomic E-state index is 0.215. The van der Waals surface area contributed by atoms with Gasteiger partial charge in [0, 0.05) is 31.4 Å². The highest BCUT2D eigenvalue weighted by Crippen LogP contribution is 2.35. The van der Waals surface area contributed by atoms with Crippen LogP contribution in [0.5, 0.6) is 0 Å². The molecule has 4 aromatic rings. The van der Waals surface area contributed by atoms with Crippen LogP contribution in [-0.4, -0.2) is 22.6 Å². The third kappa shape index (κ3) is 3.25. The molecule has 2 aromatic heterocycles. The molecule has 0 atom stereocenters. The van der Waals surface area contributed by atoms with E-state index >= 15 is 0 Å². The average Bonchev–Trinajstić information content (AvgIpc) is 3.25. The van der Waals surface area contributed by atoms with E-state index in [1.54, 1.807) is 11.6 Å². The Balaban J connectivity index is 1.45. The number of para-hydroxylation sites is 1. The predicted molar refractivity (Wildman–Crippen MR) is 126 cm³/mol. The highest BCUT2D eigenvalue weighted by Gasteiger charge is 2.28. The molecule has 1 fully saturated rings. The standard InChI is InChI=1S/C26H26N4O2/c1-16(2)18-8-9-23-21(14-18)28-25(32-23)17-10-12-30(13-11-17)24-19-6-4-5-7-22(19)29(3)26(31)20(24)15-27/h4-9,14,16-17H,10-13H2,1-3H3. The Morgan fingerprint density at radius 3 is 2.62 bits per heavy atom. The number of piperidine rings is 1. The summed E-state index contributed by atoms with van der Waals surface area (Å²) >= 11 is 0. The number of pyridine rings is 1. The van der Waals surface area contributed by atoms with Crippen molar-refractivity contribution in [2.45, 2.75) is 38.5 Å². The maximum absolute atomic E-state index is 12.8. The van der Waals surface area contributed by atoms with E-state index < -0.39 is 0 Å². The van der Waals surface area contributed by atoms with Crippen LogP contribution in [0.3, 0.4) is 0 Å². The average molecular weight is 427 g/mol. The lowest BCUT2D eigenvalue weighted by atomic mass is 9.95. The van der Waals surface area contributed by atoms with Crippen molar-refractivity contribution in [2.75, 3.05) is 18.0 Å². The van der Waals surface area contributed by atoms with Crippen LogP contribution in [0.4, 0.5) is 5.69 Å². The summed E-state index contributed by atoms with van der Waals surface area (Å²) in [6, 6.07) is 16.2. The second-order valence-corrected chi connectivity index (χ2v) is 8.91. The minimum atomic E-state index is -0.247. The van der Waals surface area contributed by atoms with E-state index in [-0.39, 0.29) is 17.0 Å². The normalized spacial score (nSPS) is 15.0. The molecule has 1 aliphatic heterocycles. The van der Waals surface area contributed by atoms with E-state index in [1.165, 1.54) is 5.56 Å². The minimum Gasteiger partial charge on any atom is -0.440 e. The van der Waals surface area contributed by atoms with E-state index in [2.05, 4.69) is 36.9 Å². The molecule has 0 saturated carbocycles. The summed E-state index contributed by atoms with van der Waals surface area (Å²) in [5.41, 5.74) is 4.57. The number of rotatable bonds is 3. The fourth-order valence-corrected chi connectivity index (χ4v) is 4.75. The van der Waals surface area contributed by atoms with Crippen LogP contribution >= 0.6 is 0 Å². The summed E-state index contributed by atoms with van der Waals surface area (Å²) in [5, 5.41) is 10.7. The Bertz CT molecular complexity index is 1420. The van der Waals surface area contributed by atoms with Crippen molar-refractivity contribution in [1.29, 1.82) is 5.26 Å². The maximum Gasteiger partial charge on any atom is 0.270 e. The fraction of sp³-hybridized carbons (Fsp3) is 0.346. The Morgan fingerprint density at radius 2 is 1.91 bits per heavy atom. The van der Waals surface area contributed by atoms with E-state index in [0.29, 0.717) is 5.92 Å². The number of benzene rings is 2. The molecule has 0 N–H and O–H groups in total. The Labute approximate surface area is 186 Å². The number of oxazole rings is 1. The topological polar surface area (TPSA) is 75.1 Å². The van der Waals surface area contributed by atoms with Crippen molar-refractivity contribution in [3.8, 4) is 6.07 Å². The lowest BCUT2D eigenvalue weighted by Crippen LogP contribution is -2.35. The Kier molecular flexibility index (Phi) is 4.97. The third-order valence-corrected chi connectivity index (χ3v) is 6.64. The Morgan fingerprint density at radius 1 is 1.16 bits per heavy atom. The number of nitrogens with zero attached hydrogens (tertiary/aromatic N) is 4. The van der Waals surface area contributed by atoms with Crippen molar-refractivity contribution in [1.82, 2.24) is 9.55 Å². The van der Waals surface area contributed by atoms with Gasteiger partial charge in [-0.25, -0.2) is 4.98 Å². The molecule has 0 unspecified atom stereocenters. The van der Waals surface area contributed by atoms with Gasteiger partial charge in [0.25, 0.3) is 5.56 Å². The molecule has 1 aliphatic rings. The molecule has 0 aliphatic carbocycles. The number of fused-ring (bicyclic) bond motifs is 2. The van der Waals surface area contributed by atoms with Gasteiger partial charge in [-0.15, -0.1) is 0 Å². The van der Waals surface area contributed by atoms with Crippen molar-refractivity contribution in [2.24, 2.45) is 7.05 Å². The van der Waals surface area contributed by atoms with Crippen molar-refractivity contribution >= 4 is 27.7 Å². The highest BCUT2D eigenvalue weighted by molar-refractivity contribution is 5.95. The van der Waals surface area contributed by atoms with Gasteiger partial charge < -0.3 is 13.9 Å². The van der Waals surface area contributed by atoms with Gasteiger partial charge >= 0.3 is 0 Å². The first-order valence-electron chi connectivity index (χ1n) is 11.1. The molecule has 1 saturated heterocycles. The monoisotopic (exact) mass is 426 g/mol. The highest BCUT2D eigenvalue weighted by atomic mass is 16.3. The lowest BCUT2D eigenvalue weighted by Gasteiger charge is -2.33. The first-order chi connectivity index (χ1) is 15.5. The maximum atomic E-state index is 12.8. The van der Waals surface area contributed by atoms with Crippen molar-refractivity contribution < 1.29 is 4.42 Å². The molecule has 0 radical (unpaired) electrons. The summed E-state index contributed by atoms with van der Waals surface area (Å²) in [5.74, 6) is 1.46. The van der Waals surface area contributed by atoms with Gasteiger partial charge in [-0.05, 0) is 42.5 Å². The zero-order valence-corrected chi connectivity index (χ0v) is 18.6. The molecule has 6 heteroatoms. The van der Waals surface area contributed by atoms with Crippen LogP contribution in [0.25, 0.3) is 22.0 Å². The number of anilines is 1. The molecular formula is C26H26N4O2. The largest absolute Gasteiger partial charge is 0.440 e. The lowest BCUT2D eigenvalue weighted by molar-refractivity contribution is 0.407. The SMILES string of the molecule is CC(C)c1ccc2oc(C3CCN(c4c(C#N)c(=O)n(C)c5ccccc45)CC3)nc2c1. The Hall–Kier alpha value is -3.59. The predicted octanol–water partition coefficient (Wildman–Crippen LogP) is 5.06. The van der Waals surface area contributed by atoms with Gasteiger partial charge in [0.15, 0.2) is 11.5 Å². The summed E-state index contributed by atoms with van der Waals surface area (Å²) in [6.07, 6.45) is 1.72. The molecule has 0 spiro atoms. The van der Waals surface area contributed by atoms with Gasteiger partial charge in [0.1, 0.15) is 17.1 Å². The first kappa shape index (κ1) is 20.3. The quantitative estimate of drug-likeness (QED) is 0.458. The molecule has 32 heavy (non-hydrogen) atoms. The third-order valence-electron chi connectivity index (χ3n) is 6.64. The van der Waals surface area contributed by atoms with Crippen LogP contribution in [0.15, 0.2) is 51.7 Å². The molecule has 5 rings (SSSR count). The summed E-state index contributed by atoms with van der Waals surface area (Å²) in [4.78, 5) is 19.8. The number of aryl methyl sites for hydroxylation is 1. The zero-order chi connectivity index (χ0) is 22.4. The van der Waals surface area contributed by atoms with Gasteiger partial charge in [0.2, 0.25) is 0 Å². The molecular weight excluding hydrogens is 400 g/mol. The molecule has 3 heterocycles. The zero-order valence-electron chi connectivity index (χ0n) is 18.6. The van der Waals surface area contributed by atoms with Gasteiger partial charge in [0.05, 0.1) is 11.2 Å². The van der Waals surface area contributed by atoms with Gasteiger partial charge in [-0.2, -0.15) is 5.26 Å². The van der Waals surface area contributed by atoms with Crippen LogP contribution < -0.4 is 10.5 Å². The molecule has 2 aromatic carbocycles. The van der Waals surface area contributed by atoms with Gasteiger partial charge in [-0.3, -0.25) is 4.79 Å². The van der Waals surface area contributed by atoms with Gasteiger partial charge in [-0.1, -0.05) is 38.1 Å². The van der Waals surface area contributed by atoms with E-state index in [4.69, 9.17) is 9.40 Å². The fourth-order valence-electron chi connectivity index (χ4n) is 4.75. The van der Waals surface area contributed by atoms with Crippen LogP contribution in [-0.2, 0) is 7.05 Å². The first-order valence-corrected chi connectivity index (χ1v) is 11.1. The second kappa shape index (κ2) is 7.83. The number of hydrogen-bond donors (Lipinski definition) is 0. The van der Waals surface area contributed by atoms with Crippen LogP contribution in [0, 0.1) is 11.3 Å².